The maximum Gasteiger partial charge on any atom is 0.240 e. The van der Waals surface area contributed by atoms with Gasteiger partial charge in [0.15, 0.2) is 0 Å². The molecule has 3 heteroatoms. The van der Waals surface area contributed by atoms with E-state index in [0.29, 0.717) is 6.04 Å². The third-order valence-corrected chi connectivity index (χ3v) is 3.19. The van der Waals surface area contributed by atoms with Crippen molar-refractivity contribution >= 4 is 5.91 Å². The third kappa shape index (κ3) is 1.70. The summed E-state index contributed by atoms with van der Waals surface area (Å²) >= 11 is 0. The van der Waals surface area contributed by atoms with E-state index in [1.165, 1.54) is 12.8 Å². The Morgan fingerprint density at radius 2 is 2.38 bits per heavy atom. The summed E-state index contributed by atoms with van der Waals surface area (Å²) in [4.78, 5) is 11.9. The molecular weight excluding hydrogens is 164 g/mol. The summed E-state index contributed by atoms with van der Waals surface area (Å²) in [5.41, 5.74) is -0.234. The molecule has 0 aromatic heterocycles. The maximum atomic E-state index is 11.9. The van der Waals surface area contributed by atoms with Crippen molar-refractivity contribution in [3.63, 3.8) is 0 Å². The van der Waals surface area contributed by atoms with E-state index in [1.54, 1.807) is 0 Å². The average Bonchev–Trinajstić information content (AvgIpc) is 2.83. The Morgan fingerprint density at radius 1 is 1.62 bits per heavy atom. The first-order chi connectivity index (χ1) is 6.27. The molecule has 3 nitrogen and oxygen atoms in total. The molecule has 1 saturated heterocycles. The van der Waals surface area contributed by atoms with Gasteiger partial charge in [-0.1, -0.05) is 6.92 Å². The monoisotopic (exact) mass is 182 g/mol. The number of amides is 1. The van der Waals surface area contributed by atoms with Crippen LogP contribution in [-0.2, 0) is 4.79 Å². The summed E-state index contributed by atoms with van der Waals surface area (Å²) in [5, 5.41) is 6.43. The minimum absolute atomic E-state index is 0.231. The van der Waals surface area contributed by atoms with E-state index in [2.05, 4.69) is 17.6 Å². The minimum atomic E-state index is -0.234. The standard InChI is InChI=1S/C10H18N2O/c1-2-10(6-3-7-11-10)9(13)12-8-4-5-8/h8,11H,2-7H2,1H3,(H,12,13). The summed E-state index contributed by atoms with van der Waals surface area (Å²) in [5.74, 6) is 0.231. The molecule has 0 aromatic rings. The number of carbonyl (C=O) groups is 1. The minimum Gasteiger partial charge on any atom is -0.352 e. The van der Waals surface area contributed by atoms with Crippen LogP contribution in [0.5, 0.6) is 0 Å². The van der Waals surface area contributed by atoms with Crippen molar-refractivity contribution in [2.24, 2.45) is 0 Å². The second-order valence-electron chi connectivity index (χ2n) is 4.21. The number of carbonyl (C=O) groups excluding carboxylic acids is 1. The van der Waals surface area contributed by atoms with Gasteiger partial charge in [0.05, 0.1) is 5.54 Å². The molecule has 1 aliphatic heterocycles. The zero-order valence-corrected chi connectivity index (χ0v) is 8.23. The van der Waals surface area contributed by atoms with E-state index in [4.69, 9.17) is 0 Å². The smallest absolute Gasteiger partial charge is 0.240 e. The molecule has 74 valence electrons. The number of nitrogens with one attached hydrogen (secondary N) is 2. The van der Waals surface area contributed by atoms with Crippen molar-refractivity contribution in [1.82, 2.24) is 10.6 Å². The van der Waals surface area contributed by atoms with Crippen LogP contribution in [0.4, 0.5) is 0 Å². The summed E-state index contributed by atoms with van der Waals surface area (Å²) < 4.78 is 0. The van der Waals surface area contributed by atoms with E-state index in [1.807, 2.05) is 0 Å². The largest absolute Gasteiger partial charge is 0.352 e. The lowest BCUT2D eigenvalue weighted by Crippen LogP contribution is -2.53. The first-order valence-corrected chi connectivity index (χ1v) is 5.33. The van der Waals surface area contributed by atoms with Gasteiger partial charge in [-0.3, -0.25) is 4.79 Å². The molecule has 13 heavy (non-hydrogen) atoms. The van der Waals surface area contributed by atoms with Gasteiger partial charge in [0, 0.05) is 6.04 Å². The fourth-order valence-electron chi connectivity index (χ4n) is 2.01. The Labute approximate surface area is 79.3 Å². The fraction of sp³-hybridized carbons (Fsp3) is 0.900. The lowest BCUT2D eigenvalue weighted by Gasteiger charge is -2.26. The topological polar surface area (TPSA) is 41.1 Å². The first kappa shape index (κ1) is 9.00. The van der Waals surface area contributed by atoms with Crippen LogP contribution in [0.1, 0.15) is 39.0 Å². The molecule has 2 rings (SSSR count). The van der Waals surface area contributed by atoms with Crippen LogP contribution in [-0.4, -0.2) is 24.0 Å². The predicted octanol–water partition coefficient (Wildman–Crippen LogP) is 0.797. The fourth-order valence-corrected chi connectivity index (χ4v) is 2.01. The zero-order chi connectivity index (χ0) is 9.31. The highest BCUT2D eigenvalue weighted by atomic mass is 16.2. The van der Waals surface area contributed by atoms with Gasteiger partial charge in [0.25, 0.3) is 0 Å². The van der Waals surface area contributed by atoms with Crippen LogP contribution in [0, 0.1) is 0 Å². The number of hydrogen-bond acceptors (Lipinski definition) is 2. The highest BCUT2D eigenvalue weighted by Crippen LogP contribution is 2.26. The van der Waals surface area contributed by atoms with Gasteiger partial charge < -0.3 is 10.6 Å². The van der Waals surface area contributed by atoms with Gasteiger partial charge in [0.2, 0.25) is 5.91 Å². The number of rotatable bonds is 3. The molecule has 0 radical (unpaired) electrons. The first-order valence-electron chi connectivity index (χ1n) is 5.33. The van der Waals surface area contributed by atoms with Crippen LogP contribution in [0.2, 0.25) is 0 Å². The molecule has 0 bridgehead atoms. The predicted molar refractivity (Wildman–Crippen MR) is 51.4 cm³/mol. The summed E-state index contributed by atoms with van der Waals surface area (Å²) in [7, 11) is 0. The van der Waals surface area contributed by atoms with Crippen LogP contribution in [0.15, 0.2) is 0 Å². The van der Waals surface area contributed by atoms with Crippen LogP contribution in [0.25, 0.3) is 0 Å². The molecule has 2 fully saturated rings. The van der Waals surface area contributed by atoms with Crippen molar-refractivity contribution in [2.45, 2.75) is 50.6 Å². The van der Waals surface area contributed by atoms with Gasteiger partial charge in [0.1, 0.15) is 0 Å². The lowest BCUT2D eigenvalue weighted by atomic mass is 9.93. The third-order valence-electron chi connectivity index (χ3n) is 3.19. The Balaban J connectivity index is 1.96. The maximum absolute atomic E-state index is 11.9. The summed E-state index contributed by atoms with van der Waals surface area (Å²) in [6.07, 6.45) is 5.39. The van der Waals surface area contributed by atoms with Crippen molar-refractivity contribution in [3.8, 4) is 0 Å². The van der Waals surface area contributed by atoms with E-state index in [9.17, 15) is 4.79 Å². The molecular formula is C10H18N2O. The number of hydrogen-bond donors (Lipinski definition) is 2. The molecule has 0 spiro atoms. The molecule has 1 saturated carbocycles. The Kier molecular flexibility index (Phi) is 2.28. The molecule has 1 amide bonds. The molecule has 0 aromatic carbocycles. The van der Waals surface area contributed by atoms with Gasteiger partial charge in [-0.25, -0.2) is 0 Å². The highest BCUT2D eigenvalue weighted by molar-refractivity contribution is 5.87. The molecule has 1 heterocycles. The Bertz CT molecular complexity index is 205. The van der Waals surface area contributed by atoms with E-state index in [-0.39, 0.29) is 11.4 Å². The van der Waals surface area contributed by atoms with Gasteiger partial charge in [-0.2, -0.15) is 0 Å². The second kappa shape index (κ2) is 3.29. The van der Waals surface area contributed by atoms with Crippen LogP contribution < -0.4 is 10.6 Å². The molecule has 1 unspecified atom stereocenters. The summed E-state index contributed by atoms with van der Waals surface area (Å²) in [6.45, 7) is 3.08. The Hall–Kier alpha value is -0.570. The normalized spacial score (nSPS) is 33.3. The van der Waals surface area contributed by atoms with Crippen molar-refractivity contribution < 1.29 is 4.79 Å². The highest BCUT2D eigenvalue weighted by Gasteiger charge is 2.40. The van der Waals surface area contributed by atoms with Crippen molar-refractivity contribution in [2.75, 3.05) is 6.54 Å². The molecule has 1 aliphatic carbocycles. The van der Waals surface area contributed by atoms with Crippen LogP contribution in [0.3, 0.4) is 0 Å². The molecule has 2 N–H and O–H groups in total. The zero-order valence-electron chi connectivity index (χ0n) is 8.23. The van der Waals surface area contributed by atoms with E-state index >= 15 is 0 Å². The Morgan fingerprint density at radius 3 is 2.85 bits per heavy atom. The van der Waals surface area contributed by atoms with Crippen molar-refractivity contribution in [3.05, 3.63) is 0 Å². The average molecular weight is 182 g/mol. The quantitative estimate of drug-likeness (QED) is 0.677. The lowest BCUT2D eigenvalue weighted by molar-refractivity contribution is -0.127. The molecule has 2 aliphatic rings. The van der Waals surface area contributed by atoms with E-state index < -0.39 is 0 Å². The van der Waals surface area contributed by atoms with E-state index in [0.717, 1.165) is 25.8 Å². The van der Waals surface area contributed by atoms with Crippen LogP contribution >= 0.6 is 0 Å². The second-order valence-corrected chi connectivity index (χ2v) is 4.21. The summed E-state index contributed by atoms with van der Waals surface area (Å²) in [6, 6.07) is 0.485. The van der Waals surface area contributed by atoms with Crippen molar-refractivity contribution in [1.29, 1.82) is 0 Å². The van der Waals surface area contributed by atoms with Gasteiger partial charge in [-0.15, -0.1) is 0 Å². The van der Waals surface area contributed by atoms with Gasteiger partial charge in [-0.05, 0) is 38.6 Å². The SMILES string of the molecule is CCC1(C(=O)NC2CC2)CCCN1. The molecule has 1 atom stereocenters. The van der Waals surface area contributed by atoms with Gasteiger partial charge >= 0.3 is 0 Å².